The number of aromatic nitrogens is 5. The molecule has 1 aliphatic heterocycles. The smallest absolute Gasteiger partial charge is 0.255 e. The number of carbonyl (C=O) groups is 1. The van der Waals surface area contributed by atoms with Crippen molar-refractivity contribution < 1.29 is 4.79 Å². The Kier molecular flexibility index (Phi) is 4.95. The number of allylic oxidation sites excluding steroid dienone is 1. The van der Waals surface area contributed by atoms with E-state index in [-0.39, 0.29) is 5.91 Å². The van der Waals surface area contributed by atoms with E-state index in [1.54, 1.807) is 41.6 Å². The molecule has 2 N–H and O–H groups in total. The Morgan fingerprint density at radius 1 is 1.03 bits per heavy atom. The lowest BCUT2D eigenvalue weighted by Gasteiger charge is -2.28. The zero-order chi connectivity index (χ0) is 22.1. The summed E-state index contributed by atoms with van der Waals surface area (Å²) in [5.41, 5.74) is 4.76. The minimum absolute atomic E-state index is 0.224. The molecule has 1 amide bonds. The lowest BCUT2D eigenvalue weighted by molar-refractivity contribution is -0.113. The number of hydrogen-bond acceptors (Lipinski definition) is 6. The van der Waals surface area contributed by atoms with E-state index in [0.29, 0.717) is 23.0 Å². The molecule has 4 aromatic rings. The van der Waals surface area contributed by atoms with E-state index in [1.165, 1.54) is 0 Å². The largest absolute Gasteiger partial charge is 0.328 e. The van der Waals surface area contributed by atoms with Crippen molar-refractivity contribution in [1.29, 1.82) is 0 Å². The molecule has 0 fully saturated rings. The van der Waals surface area contributed by atoms with Crippen molar-refractivity contribution in [3.63, 3.8) is 0 Å². The number of aryl methyl sites for hydroxylation is 1. The second-order valence-electron chi connectivity index (χ2n) is 7.62. The van der Waals surface area contributed by atoms with Crippen molar-refractivity contribution >= 4 is 17.5 Å². The Hall–Kier alpha value is -4.33. The van der Waals surface area contributed by atoms with E-state index < -0.39 is 6.04 Å². The van der Waals surface area contributed by atoms with Crippen LogP contribution in [0, 0.1) is 6.92 Å². The van der Waals surface area contributed by atoms with Gasteiger partial charge in [-0.25, -0.2) is 4.68 Å². The van der Waals surface area contributed by atoms with Crippen LogP contribution >= 0.6 is 0 Å². The van der Waals surface area contributed by atoms with Gasteiger partial charge in [0.2, 0.25) is 5.95 Å². The van der Waals surface area contributed by atoms with Gasteiger partial charge < -0.3 is 10.6 Å². The molecule has 0 radical (unpaired) electrons. The number of rotatable bonds is 4. The molecule has 3 aromatic heterocycles. The van der Waals surface area contributed by atoms with Crippen LogP contribution in [0.1, 0.15) is 24.1 Å². The third-order valence-electron chi connectivity index (χ3n) is 5.29. The molecule has 0 bridgehead atoms. The average Bonchev–Trinajstić information content (AvgIpc) is 3.23. The van der Waals surface area contributed by atoms with Crippen LogP contribution in [0.25, 0.3) is 11.4 Å². The van der Waals surface area contributed by atoms with Crippen LogP contribution < -0.4 is 10.6 Å². The molecule has 5 rings (SSSR count). The molecule has 1 atom stereocenters. The predicted molar refractivity (Wildman–Crippen MR) is 122 cm³/mol. The number of anilines is 2. The fraction of sp³-hybridized carbons (Fsp3) is 0.125. The van der Waals surface area contributed by atoms with Crippen LogP contribution in [0.4, 0.5) is 11.6 Å². The number of nitrogens with one attached hydrogen (secondary N) is 2. The maximum absolute atomic E-state index is 13.4. The zero-order valence-corrected chi connectivity index (χ0v) is 17.6. The average molecular weight is 423 g/mol. The molecule has 32 heavy (non-hydrogen) atoms. The third-order valence-corrected chi connectivity index (χ3v) is 5.29. The molecule has 8 heteroatoms. The minimum Gasteiger partial charge on any atom is -0.328 e. The monoisotopic (exact) mass is 423 g/mol. The van der Waals surface area contributed by atoms with E-state index in [1.807, 2.05) is 44.2 Å². The van der Waals surface area contributed by atoms with Crippen LogP contribution in [0.15, 0.2) is 84.6 Å². The summed E-state index contributed by atoms with van der Waals surface area (Å²) in [6.07, 6.45) is 6.71. The van der Waals surface area contributed by atoms with Crippen LogP contribution in [-0.4, -0.2) is 30.6 Å². The highest BCUT2D eigenvalue weighted by Gasteiger charge is 2.34. The molecule has 158 valence electrons. The van der Waals surface area contributed by atoms with Crippen molar-refractivity contribution in [2.75, 3.05) is 10.6 Å². The van der Waals surface area contributed by atoms with Gasteiger partial charge in [0.25, 0.3) is 5.91 Å². The van der Waals surface area contributed by atoms with E-state index >= 15 is 0 Å². The SMILES string of the molecule is CC1=C(C(=O)Nc2cccnc2)C(c2cccc(C)c2)n2nc(-c3cccnc3)nc2N1. The van der Waals surface area contributed by atoms with Gasteiger partial charge in [0.15, 0.2) is 5.82 Å². The van der Waals surface area contributed by atoms with Gasteiger partial charge in [-0.3, -0.25) is 14.8 Å². The summed E-state index contributed by atoms with van der Waals surface area (Å²) in [6, 6.07) is 15.0. The summed E-state index contributed by atoms with van der Waals surface area (Å²) in [4.78, 5) is 26.4. The summed E-state index contributed by atoms with van der Waals surface area (Å²) < 4.78 is 1.77. The second-order valence-corrected chi connectivity index (χ2v) is 7.62. The molecule has 0 saturated heterocycles. The third kappa shape index (κ3) is 3.62. The number of nitrogens with zero attached hydrogens (tertiary/aromatic N) is 5. The molecule has 8 nitrogen and oxygen atoms in total. The molecule has 0 aliphatic carbocycles. The number of fused-ring (bicyclic) bond motifs is 1. The van der Waals surface area contributed by atoms with Crippen molar-refractivity contribution in [2.45, 2.75) is 19.9 Å². The molecule has 4 heterocycles. The first-order chi connectivity index (χ1) is 15.6. The Morgan fingerprint density at radius 3 is 2.56 bits per heavy atom. The van der Waals surface area contributed by atoms with Crippen molar-refractivity contribution in [3.05, 3.63) is 95.7 Å². The van der Waals surface area contributed by atoms with Gasteiger partial charge >= 0.3 is 0 Å². The fourth-order valence-electron chi connectivity index (χ4n) is 3.85. The normalized spacial score (nSPS) is 15.1. The van der Waals surface area contributed by atoms with E-state index in [2.05, 4.69) is 31.7 Å². The van der Waals surface area contributed by atoms with Crippen LogP contribution in [-0.2, 0) is 4.79 Å². The van der Waals surface area contributed by atoms with E-state index in [9.17, 15) is 4.79 Å². The Bertz CT molecular complexity index is 1310. The standard InChI is InChI=1S/C24H21N7O/c1-15-6-3-7-17(12-15)21-20(23(32)28-19-9-5-11-26-14-19)16(2)27-24-29-22(30-31(21)24)18-8-4-10-25-13-18/h3-14,21H,1-2H3,(H,28,32)(H,27,29,30). The number of carbonyl (C=O) groups excluding carboxylic acids is 1. The topological polar surface area (TPSA) is 97.6 Å². The lowest BCUT2D eigenvalue weighted by atomic mass is 9.94. The first-order valence-corrected chi connectivity index (χ1v) is 10.2. The Balaban J connectivity index is 1.62. The van der Waals surface area contributed by atoms with E-state index in [0.717, 1.165) is 22.4 Å². The van der Waals surface area contributed by atoms with Crippen molar-refractivity contribution in [1.82, 2.24) is 24.7 Å². The molecule has 1 unspecified atom stereocenters. The van der Waals surface area contributed by atoms with Crippen molar-refractivity contribution in [2.24, 2.45) is 0 Å². The quantitative estimate of drug-likeness (QED) is 0.515. The number of amides is 1. The summed E-state index contributed by atoms with van der Waals surface area (Å²) in [7, 11) is 0. The van der Waals surface area contributed by atoms with Gasteiger partial charge in [0, 0.05) is 29.9 Å². The number of pyridine rings is 2. The molecule has 1 aromatic carbocycles. The lowest BCUT2D eigenvalue weighted by Crippen LogP contribution is -2.31. The van der Waals surface area contributed by atoms with Gasteiger partial charge in [-0.05, 0) is 43.7 Å². The zero-order valence-electron chi connectivity index (χ0n) is 17.6. The Labute approximate surface area is 185 Å². The maximum Gasteiger partial charge on any atom is 0.255 e. The first kappa shape index (κ1) is 19.6. The molecular formula is C24H21N7O. The highest BCUT2D eigenvalue weighted by Crippen LogP contribution is 2.37. The van der Waals surface area contributed by atoms with Crippen LogP contribution in [0.5, 0.6) is 0 Å². The highest BCUT2D eigenvalue weighted by molar-refractivity contribution is 6.05. The van der Waals surface area contributed by atoms with Gasteiger partial charge in [-0.1, -0.05) is 29.8 Å². The molecule has 0 saturated carbocycles. The van der Waals surface area contributed by atoms with E-state index in [4.69, 9.17) is 5.10 Å². The summed E-state index contributed by atoms with van der Waals surface area (Å²) in [5, 5.41) is 11.0. The Morgan fingerprint density at radius 2 is 1.84 bits per heavy atom. The number of benzene rings is 1. The van der Waals surface area contributed by atoms with Crippen LogP contribution in [0.2, 0.25) is 0 Å². The summed E-state index contributed by atoms with van der Waals surface area (Å²) in [6.45, 7) is 3.91. The second kappa shape index (κ2) is 8.07. The summed E-state index contributed by atoms with van der Waals surface area (Å²) in [5.74, 6) is 0.893. The molecule has 0 spiro atoms. The first-order valence-electron chi connectivity index (χ1n) is 10.2. The van der Waals surface area contributed by atoms with Gasteiger partial charge in [-0.2, -0.15) is 4.98 Å². The predicted octanol–water partition coefficient (Wildman–Crippen LogP) is 3.97. The van der Waals surface area contributed by atoms with Gasteiger partial charge in [0.1, 0.15) is 6.04 Å². The maximum atomic E-state index is 13.4. The van der Waals surface area contributed by atoms with Crippen LogP contribution in [0.3, 0.4) is 0 Å². The molecule has 1 aliphatic rings. The molecular weight excluding hydrogens is 402 g/mol. The van der Waals surface area contributed by atoms with Gasteiger partial charge in [0.05, 0.1) is 17.5 Å². The van der Waals surface area contributed by atoms with Crippen molar-refractivity contribution in [3.8, 4) is 11.4 Å². The highest BCUT2D eigenvalue weighted by atomic mass is 16.1. The minimum atomic E-state index is -0.444. The van der Waals surface area contributed by atoms with Gasteiger partial charge in [-0.15, -0.1) is 5.10 Å². The number of hydrogen-bond donors (Lipinski definition) is 2. The summed E-state index contributed by atoms with van der Waals surface area (Å²) >= 11 is 0. The fourth-order valence-corrected chi connectivity index (χ4v) is 3.85.